The molecule has 2 aromatic rings. The van der Waals surface area contributed by atoms with E-state index >= 15 is 0 Å². The summed E-state index contributed by atoms with van der Waals surface area (Å²) in [5, 5.41) is 1.81. The van der Waals surface area contributed by atoms with Crippen molar-refractivity contribution in [1.82, 2.24) is 4.68 Å². The molecule has 0 atom stereocenters. The molecule has 0 saturated carbocycles. The zero-order valence-electron chi connectivity index (χ0n) is 7.11. The van der Waals surface area contributed by atoms with Gasteiger partial charge in [0.1, 0.15) is 0 Å². The Labute approximate surface area is 93.5 Å². The molecule has 14 heavy (non-hydrogen) atoms. The molecule has 0 aromatic carbocycles. The molecule has 0 aliphatic carbocycles. The molecule has 3 nitrogen and oxygen atoms in total. The number of hydrogen-bond acceptors (Lipinski definition) is 2. The van der Waals surface area contributed by atoms with Gasteiger partial charge in [-0.1, -0.05) is 0 Å². The minimum atomic E-state index is -0.108. The van der Waals surface area contributed by atoms with Crippen molar-refractivity contribution in [2.24, 2.45) is 0 Å². The van der Waals surface area contributed by atoms with Gasteiger partial charge in [0, 0.05) is 17.8 Å². The summed E-state index contributed by atoms with van der Waals surface area (Å²) in [5.41, 5.74) is 3.38. The van der Waals surface area contributed by atoms with Gasteiger partial charge in [-0.2, -0.15) is 0 Å². The number of thiophene rings is 1. The van der Waals surface area contributed by atoms with Crippen LogP contribution in [0.3, 0.4) is 0 Å². The van der Waals surface area contributed by atoms with Crippen LogP contribution in [0, 0.1) is 0 Å². The van der Waals surface area contributed by atoms with E-state index in [9.17, 15) is 4.79 Å². The highest BCUT2D eigenvalue weighted by Crippen LogP contribution is 2.20. The Bertz CT molecular complexity index is 435. The van der Waals surface area contributed by atoms with Crippen molar-refractivity contribution in [3.05, 3.63) is 45.3 Å². The van der Waals surface area contributed by atoms with Crippen molar-refractivity contribution in [2.75, 3.05) is 5.43 Å². The van der Waals surface area contributed by atoms with Gasteiger partial charge in [-0.3, -0.25) is 14.9 Å². The molecule has 2 aromatic heterocycles. The number of rotatable bonds is 2. The molecule has 0 unspecified atom stereocenters. The normalized spacial score (nSPS) is 10.1. The lowest BCUT2D eigenvalue weighted by atomic mass is 10.3. The Morgan fingerprint density at radius 2 is 2.14 bits per heavy atom. The number of nitrogens with zero attached hydrogens (tertiary/aromatic N) is 1. The largest absolute Gasteiger partial charge is 0.270 e. The van der Waals surface area contributed by atoms with E-state index in [1.54, 1.807) is 23.1 Å². The fraction of sp³-hybridized carbons (Fsp3) is 0. The number of carbonyl (C=O) groups excluding carboxylic acids is 1. The molecule has 1 N–H and O–H groups in total. The van der Waals surface area contributed by atoms with Gasteiger partial charge in [0.25, 0.3) is 5.91 Å². The van der Waals surface area contributed by atoms with Crippen molar-refractivity contribution in [1.29, 1.82) is 0 Å². The minimum absolute atomic E-state index is 0.108. The van der Waals surface area contributed by atoms with Crippen LogP contribution in [-0.4, -0.2) is 10.6 Å². The molecule has 1 amide bonds. The second-order valence-corrected chi connectivity index (χ2v) is 4.96. The third kappa shape index (κ3) is 2.05. The summed E-state index contributed by atoms with van der Waals surface area (Å²) < 4.78 is 2.57. The van der Waals surface area contributed by atoms with Crippen LogP contribution < -0.4 is 5.43 Å². The van der Waals surface area contributed by atoms with Crippen LogP contribution in [0.4, 0.5) is 0 Å². The molecule has 0 spiro atoms. The van der Waals surface area contributed by atoms with Gasteiger partial charge < -0.3 is 0 Å². The summed E-state index contributed by atoms with van der Waals surface area (Å²) in [6.45, 7) is 0. The smallest absolute Gasteiger partial charge is 0.268 e. The van der Waals surface area contributed by atoms with Crippen LogP contribution in [0.5, 0.6) is 0 Å². The molecule has 2 rings (SSSR count). The van der Waals surface area contributed by atoms with Crippen LogP contribution >= 0.6 is 27.3 Å². The zero-order chi connectivity index (χ0) is 9.97. The third-order valence-electron chi connectivity index (χ3n) is 1.66. The minimum Gasteiger partial charge on any atom is -0.268 e. The highest BCUT2D eigenvalue weighted by molar-refractivity contribution is 9.11. The van der Waals surface area contributed by atoms with Crippen molar-refractivity contribution in [3.8, 4) is 0 Å². The number of nitrogens with one attached hydrogen (secondary N) is 1. The topological polar surface area (TPSA) is 34.0 Å². The molecule has 0 aliphatic rings. The average molecular weight is 271 g/mol. The van der Waals surface area contributed by atoms with Crippen LogP contribution in [0.15, 0.2) is 39.8 Å². The lowest BCUT2D eigenvalue weighted by molar-refractivity contribution is 0.101. The lowest BCUT2D eigenvalue weighted by Crippen LogP contribution is -2.20. The number of halogens is 1. The summed E-state index contributed by atoms with van der Waals surface area (Å²) in [4.78, 5) is 11.6. The fourth-order valence-corrected chi connectivity index (χ4v) is 2.16. The maximum absolute atomic E-state index is 11.6. The Kier molecular flexibility index (Phi) is 2.69. The Hall–Kier alpha value is -1.07. The molecule has 0 bridgehead atoms. The highest BCUT2D eigenvalue weighted by atomic mass is 79.9. The SMILES string of the molecule is O=C(Nn1cccc1)c1csc(Br)c1. The Balaban J connectivity index is 2.10. The molecule has 0 aliphatic heterocycles. The van der Waals surface area contributed by atoms with Gasteiger partial charge in [-0.05, 0) is 34.1 Å². The predicted molar refractivity (Wildman–Crippen MR) is 60.1 cm³/mol. The molecule has 0 fully saturated rings. The van der Waals surface area contributed by atoms with E-state index in [1.807, 2.05) is 17.5 Å². The van der Waals surface area contributed by atoms with Crippen molar-refractivity contribution in [3.63, 3.8) is 0 Å². The van der Waals surface area contributed by atoms with Gasteiger partial charge >= 0.3 is 0 Å². The second-order valence-electron chi connectivity index (χ2n) is 2.67. The quantitative estimate of drug-likeness (QED) is 0.895. The first-order valence-corrected chi connectivity index (χ1v) is 5.61. The van der Waals surface area contributed by atoms with Crippen LogP contribution in [0.2, 0.25) is 0 Å². The Morgan fingerprint density at radius 3 is 2.71 bits per heavy atom. The van der Waals surface area contributed by atoms with Gasteiger partial charge in [0.05, 0.1) is 9.35 Å². The highest BCUT2D eigenvalue weighted by Gasteiger charge is 2.06. The van der Waals surface area contributed by atoms with E-state index in [2.05, 4.69) is 21.4 Å². The molecule has 2 heterocycles. The lowest BCUT2D eigenvalue weighted by Gasteiger charge is -2.03. The van der Waals surface area contributed by atoms with Crippen LogP contribution in [-0.2, 0) is 0 Å². The standard InChI is InChI=1S/C9H7BrN2OS/c10-8-5-7(6-14-8)9(13)11-12-3-1-2-4-12/h1-6H,(H,11,13). The zero-order valence-corrected chi connectivity index (χ0v) is 9.51. The van der Waals surface area contributed by atoms with Crippen LogP contribution in [0.1, 0.15) is 10.4 Å². The number of carbonyl (C=O) groups is 1. The van der Waals surface area contributed by atoms with Crippen LogP contribution in [0.25, 0.3) is 0 Å². The molecule has 0 saturated heterocycles. The predicted octanol–water partition coefficient (Wildman–Crippen LogP) is 2.70. The maximum Gasteiger partial charge on any atom is 0.270 e. The van der Waals surface area contributed by atoms with E-state index < -0.39 is 0 Å². The summed E-state index contributed by atoms with van der Waals surface area (Å²) in [6, 6.07) is 5.50. The first-order chi connectivity index (χ1) is 6.75. The Morgan fingerprint density at radius 1 is 1.43 bits per heavy atom. The van der Waals surface area contributed by atoms with E-state index in [-0.39, 0.29) is 5.91 Å². The van der Waals surface area contributed by atoms with Gasteiger partial charge in [0.15, 0.2) is 0 Å². The van der Waals surface area contributed by atoms with E-state index in [1.165, 1.54) is 11.3 Å². The summed E-state index contributed by atoms with van der Waals surface area (Å²) >= 11 is 4.80. The maximum atomic E-state index is 11.6. The second kappa shape index (κ2) is 3.98. The van der Waals surface area contributed by atoms with Crippen molar-refractivity contribution in [2.45, 2.75) is 0 Å². The molecular weight excluding hydrogens is 264 g/mol. The number of hydrogen-bond donors (Lipinski definition) is 1. The fourth-order valence-electron chi connectivity index (χ4n) is 1.02. The van der Waals surface area contributed by atoms with Crippen molar-refractivity contribution >= 4 is 33.2 Å². The monoisotopic (exact) mass is 270 g/mol. The summed E-state index contributed by atoms with van der Waals surface area (Å²) in [5.74, 6) is -0.108. The first kappa shape index (κ1) is 9.48. The molecule has 5 heteroatoms. The number of amides is 1. The number of aromatic nitrogens is 1. The summed E-state index contributed by atoms with van der Waals surface area (Å²) in [7, 11) is 0. The van der Waals surface area contributed by atoms with E-state index in [4.69, 9.17) is 0 Å². The first-order valence-electron chi connectivity index (χ1n) is 3.94. The van der Waals surface area contributed by atoms with Gasteiger partial charge in [0.2, 0.25) is 0 Å². The van der Waals surface area contributed by atoms with Crippen molar-refractivity contribution < 1.29 is 4.79 Å². The van der Waals surface area contributed by atoms with Gasteiger partial charge in [-0.15, -0.1) is 11.3 Å². The summed E-state index contributed by atoms with van der Waals surface area (Å²) in [6.07, 6.45) is 3.55. The van der Waals surface area contributed by atoms with Gasteiger partial charge in [-0.25, -0.2) is 0 Å². The molecule has 72 valence electrons. The average Bonchev–Trinajstić information content (AvgIpc) is 2.75. The third-order valence-corrected chi connectivity index (χ3v) is 3.17. The molecular formula is C9H7BrN2OS. The van der Waals surface area contributed by atoms with E-state index in [0.29, 0.717) is 5.56 Å². The van der Waals surface area contributed by atoms with E-state index in [0.717, 1.165) is 3.79 Å². The molecule has 0 radical (unpaired) electrons.